The monoisotopic (exact) mass is 271 g/mol. The van der Waals surface area contributed by atoms with E-state index in [-0.39, 0.29) is 18.3 Å². The van der Waals surface area contributed by atoms with Crippen molar-refractivity contribution in [3.05, 3.63) is 59.7 Å². The van der Waals surface area contributed by atoms with Gasteiger partial charge in [0.2, 0.25) is 5.91 Å². The summed E-state index contributed by atoms with van der Waals surface area (Å²) in [6, 6.07) is 14.1. The molecule has 0 saturated carbocycles. The summed E-state index contributed by atoms with van der Waals surface area (Å²) in [5.74, 6) is 0.0888. The number of phenols is 1. The Bertz CT molecular complexity index is 596. The number of aryl methyl sites for hydroxylation is 1. The van der Waals surface area contributed by atoms with Crippen LogP contribution in [0.5, 0.6) is 5.75 Å². The molecular weight excluding hydrogens is 254 g/mol. The summed E-state index contributed by atoms with van der Waals surface area (Å²) in [6.07, 6.45) is 0.777. The molecule has 4 heteroatoms. The quantitative estimate of drug-likeness (QED) is 0.782. The molecule has 0 fully saturated rings. The van der Waals surface area contributed by atoms with E-state index < -0.39 is 0 Å². The van der Waals surface area contributed by atoms with Gasteiger partial charge in [0.05, 0.1) is 6.61 Å². The maximum absolute atomic E-state index is 11.8. The lowest BCUT2D eigenvalue weighted by molar-refractivity contribution is -0.116. The fourth-order valence-corrected chi connectivity index (χ4v) is 1.94. The van der Waals surface area contributed by atoms with E-state index in [0.717, 1.165) is 11.1 Å². The summed E-state index contributed by atoms with van der Waals surface area (Å²) in [5.41, 5.74) is 2.18. The average Bonchev–Trinajstić information content (AvgIpc) is 2.46. The number of phenolic OH excluding ortho intramolecular Hbond substituents is 1. The predicted octanol–water partition coefficient (Wildman–Crippen LogP) is 2.46. The summed E-state index contributed by atoms with van der Waals surface area (Å²) in [5, 5.41) is 21.4. The largest absolute Gasteiger partial charge is 0.508 e. The number of aliphatic hydroxyl groups excluding tert-OH is 1. The smallest absolute Gasteiger partial charge is 0.224 e. The molecule has 2 rings (SSSR count). The molecule has 0 aromatic heterocycles. The van der Waals surface area contributed by atoms with E-state index in [9.17, 15) is 9.90 Å². The number of para-hydroxylation sites is 1. The number of rotatable bonds is 5. The van der Waals surface area contributed by atoms with E-state index in [0.29, 0.717) is 18.5 Å². The SMILES string of the molecule is O=C(CCc1ccccc1O)Nc1cccc(CO)c1. The van der Waals surface area contributed by atoms with Gasteiger partial charge in [0.25, 0.3) is 0 Å². The van der Waals surface area contributed by atoms with Gasteiger partial charge in [-0.25, -0.2) is 0 Å². The number of amides is 1. The number of carbonyl (C=O) groups excluding carboxylic acids is 1. The molecule has 2 aromatic carbocycles. The van der Waals surface area contributed by atoms with Crippen molar-refractivity contribution in [2.75, 3.05) is 5.32 Å². The zero-order valence-electron chi connectivity index (χ0n) is 11.0. The van der Waals surface area contributed by atoms with Crippen LogP contribution in [0.1, 0.15) is 17.5 Å². The fourth-order valence-electron chi connectivity index (χ4n) is 1.94. The third-order valence-corrected chi connectivity index (χ3v) is 3.01. The Labute approximate surface area is 117 Å². The van der Waals surface area contributed by atoms with Gasteiger partial charge in [0.1, 0.15) is 5.75 Å². The van der Waals surface area contributed by atoms with Gasteiger partial charge in [-0.1, -0.05) is 30.3 Å². The molecule has 0 bridgehead atoms. The number of anilines is 1. The molecule has 0 saturated heterocycles. The molecule has 0 aliphatic heterocycles. The summed E-state index contributed by atoms with van der Waals surface area (Å²) in [7, 11) is 0. The number of aromatic hydroxyl groups is 1. The Morgan fingerprint density at radius 3 is 2.65 bits per heavy atom. The van der Waals surface area contributed by atoms with Crippen LogP contribution in [-0.2, 0) is 17.8 Å². The highest BCUT2D eigenvalue weighted by Gasteiger charge is 2.06. The fraction of sp³-hybridized carbons (Fsp3) is 0.188. The lowest BCUT2D eigenvalue weighted by Crippen LogP contribution is -2.12. The zero-order chi connectivity index (χ0) is 14.4. The molecule has 2 aromatic rings. The molecule has 3 N–H and O–H groups in total. The Hall–Kier alpha value is -2.33. The van der Waals surface area contributed by atoms with Gasteiger partial charge >= 0.3 is 0 Å². The number of aliphatic hydroxyl groups is 1. The highest BCUT2D eigenvalue weighted by atomic mass is 16.3. The van der Waals surface area contributed by atoms with Crippen LogP contribution in [0.15, 0.2) is 48.5 Å². The Morgan fingerprint density at radius 1 is 1.10 bits per heavy atom. The van der Waals surface area contributed by atoms with Crippen LogP contribution in [0.4, 0.5) is 5.69 Å². The first-order valence-electron chi connectivity index (χ1n) is 6.45. The Morgan fingerprint density at radius 2 is 1.90 bits per heavy atom. The first-order chi connectivity index (χ1) is 9.69. The molecule has 1 amide bonds. The van der Waals surface area contributed by atoms with Gasteiger partial charge in [-0.05, 0) is 35.7 Å². The predicted molar refractivity (Wildman–Crippen MR) is 77.4 cm³/mol. The van der Waals surface area contributed by atoms with Crippen molar-refractivity contribution in [3.63, 3.8) is 0 Å². The van der Waals surface area contributed by atoms with E-state index in [4.69, 9.17) is 5.11 Å². The van der Waals surface area contributed by atoms with Crippen molar-refractivity contribution in [1.29, 1.82) is 0 Å². The highest BCUT2D eigenvalue weighted by Crippen LogP contribution is 2.18. The minimum atomic E-state index is -0.122. The van der Waals surface area contributed by atoms with Gasteiger partial charge in [-0.15, -0.1) is 0 Å². The second-order valence-corrected chi connectivity index (χ2v) is 4.54. The van der Waals surface area contributed by atoms with E-state index in [1.165, 1.54) is 0 Å². The molecule has 20 heavy (non-hydrogen) atoms. The van der Waals surface area contributed by atoms with Gasteiger partial charge in [0, 0.05) is 12.1 Å². The third kappa shape index (κ3) is 3.83. The van der Waals surface area contributed by atoms with Crippen molar-refractivity contribution in [3.8, 4) is 5.75 Å². The topological polar surface area (TPSA) is 69.6 Å². The summed E-state index contributed by atoms with van der Waals surface area (Å²) in [6.45, 7) is -0.0540. The number of nitrogens with one attached hydrogen (secondary N) is 1. The van der Waals surface area contributed by atoms with E-state index in [1.807, 2.05) is 6.07 Å². The first-order valence-corrected chi connectivity index (χ1v) is 6.45. The van der Waals surface area contributed by atoms with Gasteiger partial charge in [0.15, 0.2) is 0 Å². The lowest BCUT2D eigenvalue weighted by Gasteiger charge is -2.07. The van der Waals surface area contributed by atoms with Crippen molar-refractivity contribution >= 4 is 11.6 Å². The Balaban J connectivity index is 1.91. The minimum absolute atomic E-state index is 0.0540. The zero-order valence-corrected chi connectivity index (χ0v) is 11.0. The van der Waals surface area contributed by atoms with E-state index >= 15 is 0 Å². The molecule has 0 unspecified atom stereocenters. The molecular formula is C16H17NO3. The van der Waals surface area contributed by atoms with Crippen LogP contribution in [0, 0.1) is 0 Å². The molecule has 0 radical (unpaired) electrons. The molecule has 0 aliphatic carbocycles. The van der Waals surface area contributed by atoms with E-state index in [1.54, 1.807) is 42.5 Å². The summed E-state index contributed by atoms with van der Waals surface area (Å²) in [4.78, 5) is 11.8. The molecule has 104 valence electrons. The van der Waals surface area contributed by atoms with Gasteiger partial charge < -0.3 is 15.5 Å². The first kappa shape index (κ1) is 14.1. The second-order valence-electron chi connectivity index (χ2n) is 4.54. The maximum Gasteiger partial charge on any atom is 0.224 e. The molecule has 0 aliphatic rings. The maximum atomic E-state index is 11.8. The molecule has 4 nitrogen and oxygen atoms in total. The van der Waals surface area contributed by atoms with Crippen molar-refractivity contribution in [1.82, 2.24) is 0 Å². The third-order valence-electron chi connectivity index (χ3n) is 3.01. The number of benzene rings is 2. The van der Waals surface area contributed by atoms with Crippen LogP contribution >= 0.6 is 0 Å². The number of hydrogen-bond acceptors (Lipinski definition) is 3. The summed E-state index contributed by atoms with van der Waals surface area (Å²) < 4.78 is 0. The van der Waals surface area contributed by atoms with Crippen molar-refractivity contribution in [2.45, 2.75) is 19.4 Å². The highest BCUT2D eigenvalue weighted by molar-refractivity contribution is 5.90. The van der Waals surface area contributed by atoms with Crippen molar-refractivity contribution < 1.29 is 15.0 Å². The van der Waals surface area contributed by atoms with Crippen LogP contribution < -0.4 is 5.32 Å². The van der Waals surface area contributed by atoms with Gasteiger partial charge in [-0.2, -0.15) is 0 Å². The van der Waals surface area contributed by atoms with Gasteiger partial charge in [-0.3, -0.25) is 4.79 Å². The standard InChI is InChI=1S/C16H17NO3/c18-11-12-4-3-6-14(10-12)17-16(20)9-8-13-5-1-2-7-15(13)19/h1-7,10,18-19H,8-9,11H2,(H,17,20). The Kier molecular flexibility index (Phi) is 4.74. The van der Waals surface area contributed by atoms with Crippen molar-refractivity contribution in [2.24, 2.45) is 0 Å². The van der Waals surface area contributed by atoms with Crippen LogP contribution in [-0.4, -0.2) is 16.1 Å². The summed E-state index contributed by atoms with van der Waals surface area (Å²) >= 11 is 0. The average molecular weight is 271 g/mol. The van der Waals surface area contributed by atoms with Crippen LogP contribution in [0.3, 0.4) is 0 Å². The van der Waals surface area contributed by atoms with Crippen LogP contribution in [0.25, 0.3) is 0 Å². The van der Waals surface area contributed by atoms with E-state index in [2.05, 4.69) is 5.32 Å². The normalized spacial score (nSPS) is 10.2. The second kappa shape index (κ2) is 6.73. The minimum Gasteiger partial charge on any atom is -0.508 e. The number of hydrogen-bond donors (Lipinski definition) is 3. The lowest BCUT2D eigenvalue weighted by atomic mass is 10.1. The van der Waals surface area contributed by atoms with Crippen LogP contribution in [0.2, 0.25) is 0 Å². The molecule has 0 atom stereocenters. The molecule has 0 spiro atoms. The molecule has 0 heterocycles. The number of carbonyl (C=O) groups is 1.